The Balaban J connectivity index is 0.00000300. The molecule has 1 heterocycles. The van der Waals surface area contributed by atoms with Gasteiger partial charge in [0.2, 0.25) is 11.8 Å². The summed E-state index contributed by atoms with van der Waals surface area (Å²) in [6, 6.07) is 10.2. The molecule has 8 nitrogen and oxygen atoms in total. The maximum atomic E-state index is 12.7. The van der Waals surface area contributed by atoms with Crippen LogP contribution in [0.15, 0.2) is 36.4 Å². The predicted molar refractivity (Wildman–Crippen MR) is 113 cm³/mol. The van der Waals surface area contributed by atoms with Gasteiger partial charge in [0, 0.05) is 25.1 Å². The summed E-state index contributed by atoms with van der Waals surface area (Å²) < 4.78 is 15.7. The fraction of sp³-hybridized carbons (Fsp3) is 0.300. The van der Waals surface area contributed by atoms with E-state index >= 15 is 0 Å². The summed E-state index contributed by atoms with van der Waals surface area (Å²) in [4.78, 5) is 26.8. The van der Waals surface area contributed by atoms with Gasteiger partial charge >= 0.3 is 0 Å². The molecule has 0 bridgehead atoms. The van der Waals surface area contributed by atoms with E-state index in [1.165, 1.54) is 14.2 Å². The molecule has 3 N–H and O–H groups in total. The third kappa shape index (κ3) is 4.65. The van der Waals surface area contributed by atoms with Crippen LogP contribution in [-0.2, 0) is 9.59 Å². The molecule has 0 aliphatic carbocycles. The lowest BCUT2D eigenvalue weighted by molar-refractivity contribution is -0.122. The van der Waals surface area contributed by atoms with Crippen LogP contribution in [0.2, 0.25) is 0 Å². The number of halogens is 1. The number of ether oxygens (including phenoxy) is 3. The van der Waals surface area contributed by atoms with Crippen LogP contribution in [0.1, 0.15) is 6.42 Å². The van der Waals surface area contributed by atoms with Crippen molar-refractivity contribution in [2.45, 2.75) is 6.42 Å². The first-order chi connectivity index (χ1) is 13.5. The topological polar surface area (TPSA) is 103 Å². The van der Waals surface area contributed by atoms with Crippen molar-refractivity contribution in [3.05, 3.63) is 36.4 Å². The summed E-state index contributed by atoms with van der Waals surface area (Å²) in [6.45, 7) is 0.247. The van der Waals surface area contributed by atoms with Crippen molar-refractivity contribution in [1.82, 2.24) is 0 Å². The van der Waals surface area contributed by atoms with E-state index < -0.39 is 5.92 Å². The molecule has 3 rings (SSSR count). The van der Waals surface area contributed by atoms with E-state index in [-0.39, 0.29) is 37.2 Å². The molecule has 0 aromatic heterocycles. The molecular weight excluding hydrogens is 398 g/mol. The zero-order valence-electron chi connectivity index (χ0n) is 16.4. The van der Waals surface area contributed by atoms with Crippen molar-refractivity contribution in [2.75, 3.05) is 43.8 Å². The molecule has 1 saturated heterocycles. The number of nitrogens with one attached hydrogen (secondary N) is 1. The number of amides is 2. The van der Waals surface area contributed by atoms with Gasteiger partial charge in [0.15, 0.2) is 0 Å². The van der Waals surface area contributed by atoms with E-state index in [1.807, 2.05) is 0 Å². The molecule has 2 aromatic rings. The number of nitrogens with two attached hydrogens (primary N) is 1. The first kappa shape index (κ1) is 22.2. The third-order valence-corrected chi connectivity index (χ3v) is 4.69. The molecule has 1 aliphatic rings. The number of carbonyl (C=O) groups excluding carboxylic acids is 2. The van der Waals surface area contributed by atoms with E-state index in [0.717, 1.165) is 0 Å². The second kappa shape index (κ2) is 9.38. The molecule has 2 aromatic carbocycles. The van der Waals surface area contributed by atoms with Crippen molar-refractivity contribution in [2.24, 2.45) is 5.92 Å². The Morgan fingerprint density at radius 2 is 1.72 bits per heavy atom. The summed E-state index contributed by atoms with van der Waals surface area (Å²) in [5.41, 5.74) is 7.41. The first-order valence-corrected chi connectivity index (χ1v) is 8.73. The van der Waals surface area contributed by atoms with Gasteiger partial charge in [0.25, 0.3) is 0 Å². The monoisotopic (exact) mass is 421 g/mol. The number of carbonyl (C=O) groups is 2. The maximum Gasteiger partial charge on any atom is 0.229 e. The number of nitrogens with zero attached hydrogens (tertiary/aromatic N) is 1. The minimum atomic E-state index is -0.509. The Hall–Kier alpha value is -3.13. The van der Waals surface area contributed by atoms with Crippen LogP contribution in [0.25, 0.3) is 0 Å². The molecule has 1 aliphatic heterocycles. The normalized spacial score (nSPS) is 15.5. The quantitative estimate of drug-likeness (QED) is 0.695. The van der Waals surface area contributed by atoms with Crippen LogP contribution in [0.3, 0.4) is 0 Å². The Bertz CT molecular complexity index is 906. The van der Waals surface area contributed by atoms with Gasteiger partial charge in [-0.15, -0.1) is 12.4 Å². The largest absolute Gasteiger partial charge is 0.497 e. The summed E-state index contributed by atoms with van der Waals surface area (Å²) >= 11 is 0. The lowest BCUT2D eigenvalue weighted by Gasteiger charge is -2.20. The van der Waals surface area contributed by atoms with Crippen LogP contribution in [0, 0.1) is 5.92 Å². The minimum absolute atomic E-state index is 0. The van der Waals surface area contributed by atoms with E-state index in [0.29, 0.717) is 34.3 Å². The van der Waals surface area contributed by atoms with Gasteiger partial charge in [-0.25, -0.2) is 0 Å². The smallest absolute Gasteiger partial charge is 0.229 e. The number of nitrogen functional groups attached to an aromatic ring is 1. The number of rotatable bonds is 6. The molecule has 0 spiro atoms. The number of benzene rings is 2. The number of anilines is 3. The molecular formula is C20H24ClN3O5. The zero-order chi connectivity index (χ0) is 20.3. The Morgan fingerprint density at radius 3 is 2.38 bits per heavy atom. The van der Waals surface area contributed by atoms with E-state index in [1.54, 1.807) is 48.4 Å². The van der Waals surface area contributed by atoms with Crippen LogP contribution in [-0.4, -0.2) is 39.7 Å². The third-order valence-electron chi connectivity index (χ3n) is 4.69. The van der Waals surface area contributed by atoms with Crippen LogP contribution >= 0.6 is 12.4 Å². The fourth-order valence-corrected chi connectivity index (χ4v) is 3.13. The van der Waals surface area contributed by atoms with Crippen LogP contribution in [0.5, 0.6) is 17.2 Å². The van der Waals surface area contributed by atoms with Crippen LogP contribution in [0.4, 0.5) is 17.1 Å². The summed E-state index contributed by atoms with van der Waals surface area (Å²) in [6.07, 6.45) is 0.102. The number of hydrogen-bond donors (Lipinski definition) is 2. The molecule has 0 saturated carbocycles. The zero-order valence-corrected chi connectivity index (χ0v) is 17.2. The van der Waals surface area contributed by atoms with Gasteiger partial charge in [-0.2, -0.15) is 0 Å². The van der Waals surface area contributed by atoms with E-state index in [9.17, 15) is 9.59 Å². The van der Waals surface area contributed by atoms with Crippen molar-refractivity contribution in [3.8, 4) is 17.2 Å². The molecule has 9 heteroatoms. The Morgan fingerprint density at radius 1 is 1.07 bits per heavy atom. The minimum Gasteiger partial charge on any atom is -0.497 e. The fourth-order valence-electron chi connectivity index (χ4n) is 3.13. The predicted octanol–water partition coefficient (Wildman–Crippen LogP) is 2.71. The van der Waals surface area contributed by atoms with Crippen LogP contribution < -0.4 is 30.2 Å². The second-order valence-electron chi connectivity index (χ2n) is 6.39. The van der Waals surface area contributed by atoms with Gasteiger partial charge < -0.3 is 30.2 Å². The van der Waals surface area contributed by atoms with E-state index in [4.69, 9.17) is 19.9 Å². The molecule has 156 valence electrons. The highest BCUT2D eigenvalue weighted by Gasteiger charge is 2.36. The SMILES string of the molecule is COc1ccc(N)c(NC(=O)C2CC(=O)N(c3ccc(OC)cc3OC)C2)c1.Cl. The molecule has 1 unspecified atom stereocenters. The number of methoxy groups -OCH3 is 3. The van der Waals surface area contributed by atoms with Gasteiger partial charge in [0.05, 0.1) is 44.3 Å². The summed E-state index contributed by atoms with van der Waals surface area (Å²) in [5, 5.41) is 2.79. The highest BCUT2D eigenvalue weighted by atomic mass is 35.5. The van der Waals surface area contributed by atoms with E-state index in [2.05, 4.69) is 5.32 Å². The lowest BCUT2D eigenvalue weighted by Crippen LogP contribution is -2.28. The Kier molecular flexibility index (Phi) is 7.17. The average molecular weight is 422 g/mol. The average Bonchev–Trinajstić information content (AvgIpc) is 3.10. The highest BCUT2D eigenvalue weighted by molar-refractivity contribution is 6.05. The molecule has 2 amide bonds. The molecule has 0 radical (unpaired) electrons. The lowest BCUT2D eigenvalue weighted by atomic mass is 10.1. The Labute approximate surface area is 175 Å². The summed E-state index contributed by atoms with van der Waals surface area (Å²) in [7, 11) is 4.61. The van der Waals surface area contributed by atoms with Gasteiger partial charge in [-0.1, -0.05) is 0 Å². The van der Waals surface area contributed by atoms with Crippen molar-refractivity contribution in [3.63, 3.8) is 0 Å². The van der Waals surface area contributed by atoms with Gasteiger partial charge in [0.1, 0.15) is 17.2 Å². The highest BCUT2D eigenvalue weighted by Crippen LogP contribution is 2.36. The maximum absolute atomic E-state index is 12.7. The second-order valence-corrected chi connectivity index (χ2v) is 6.39. The van der Waals surface area contributed by atoms with Crippen molar-refractivity contribution >= 4 is 41.3 Å². The molecule has 1 atom stereocenters. The first-order valence-electron chi connectivity index (χ1n) is 8.73. The van der Waals surface area contributed by atoms with Gasteiger partial charge in [-0.3, -0.25) is 9.59 Å². The molecule has 1 fully saturated rings. The van der Waals surface area contributed by atoms with Crippen molar-refractivity contribution < 1.29 is 23.8 Å². The number of hydrogen-bond acceptors (Lipinski definition) is 6. The van der Waals surface area contributed by atoms with Crippen molar-refractivity contribution in [1.29, 1.82) is 0 Å². The summed E-state index contributed by atoms with van der Waals surface area (Å²) in [5.74, 6) is 0.771. The standard InChI is InChI=1S/C20H23N3O5.ClH/c1-26-13-4-6-15(21)16(9-13)22-20(25)12-8-19(24)23(11-12)17-7-5-14(27-2)10-18(17)28-3;/h4-7,9-10,12H,8,11,21H2,1-3H3,(H,22,25);1H. The molecule has 29 heavy (non-hydrogen) atoms. The van der Waals surface area contributed by atoms with Gasteiger partial charge in [-0.05, 0) is 24.3 Å².